The summed E-state index contributed by atoms with van der Waals surface area (Å²) < 4.78 is 0. The van der Waals surface area contributed by atoms with E-state index in [2.05, 4.69) is 5.32 Å². The van der Waals surface area contributed by atoms with Crippen molar-refractivity contribution < 1.29 is 14.7 Å². The second-order valence-corrected chi connectivity index (χ2v) is 6.37. The Kier molecular flexibility index (Phi) is 5.17. The van der Waals surface area contributed by atoms with Crippen LogP contribution in [-0.2, 0) is 16.0 Å². The molecule has 20 heavy (non-hydrogen) atoms. The quantitative estimate of drug-likeness (QED) is 0.848. The van der Waals surface area contributed by atoms with Crippen LogP contribution >= 0.6 is 11.3 Å². The Hall–Kier alpha value is -1.36. The van der Waals surface area contributed by atoms with E-state index in [4.69, 9.17) is 5.11 Å². The van der Waals surface area contributed by atoms with Gasteiger partial charge in [-0.2, -0.15) is 11.3 Å². The van der Waals surface area contributed by atoms with E-state index in [1.807, 2.05) is 16.8 Å². The van der Waals surface area contributed by atoms with Gasteiger partial charge in [-0.15, -0.1) is 0 Å². The molecule has 1 fully saturated rings. The largest absolute Gasteiger partial charge is 0.481 e. The molecule has 0 saturated heterocycles. The van der Waals surface area contributed by atoms with Gasteiger partial charge in [-0.25, -0.2) is 0 Å². The topological polar surface area (TPSA) is 66.4 Å². The first-order chi connectivity index (χ1) is 9.60. The molecule has 110 valence electrons. The van der Waals surface area contributed by atoms with E-state index in [-0.39, 0.29) is 12.3 Å². The average Bonchev–Trinajstić information content (AvgIpc) is 2.89. The molecule has 1 aliphatic rings. The second kappa shape index (κ2) is 6.88. The maximum Gasteiger partial charge on any atom is 0.305 e. The lowest BCUT2D eigenvalue weighted by atomic mass is 9.79. The standard InChI is InChI=1S/C15H21NO3S/c17-13(5-4-12-6-9-20-11-12)16-15(10-14(18)19)7-2-1-3-8-15/h6,9,11H,1-5,7-8,10H2,(H,16,17)(H,18,19). The molecule has 0 atom stereocenters. The van der Waals surface area contributed by atoms with Crippen LogP contribution < -0.4 is 5.32 Å². The summed E-state index contributed by atoms with van der Waals surface area (Å²) >= 11 is 1.63. The fourth-order valence-electron chi connectivity index (χ4n) is 2.92. The Morgan fingerprint density at radius 1 is 1.30 bits per heavy atom. The molecule has 0 aromatic carbocycles. The van der Waals surface area contributed by atoms with Gasteiger partial charge in [-0.3, -0.25) is 9.59 Å². The van der Waals surface area contributed by atoms with Gasteiger partial charge in [0.25, 0.3) is 0 Å². The molecular formula is C15H21NO3S. The number of carboxylic acids is 1. The maximum absolute atomic E-state index is 12.1. The van der Waals surface area contributed by atoms with Crippen molar-refractivity contribution in [2.24, 2.45) is 0 Å². The Bertz CT molecular complexity index is 450. The molecule has 0 unspecified atom stereocenters. The van der Waals surface area contributed by atoms with Crippen molar-refractivity contribution in [3.63, 3.8) is 0 Å². The lowest BCUT2D eigenvalue weighted by Gasteiger charge is -2.37. The van der Waals surface area contributed by atoms with Gasteiger partial charge in [0.1, 0.15) is 0 Å². The van der Waals surface area contributed by atoms with E-state index in [1.165, 1.54) is 5.56 Å². The predicted octanol–water partition coefficient (Wildman–Crippen LogP) is 2.97. The molecule has 5 heteroatoms. The minimum absolute atomic E-state index is 0.0284. The molecular weight excluding hydrogens is 274 g/mol. The Morgan fingerprint density at radius 2 is 2.05 bits per heavy atom. The highest BCUT2D eigenvalue weighted by atomic mass is 32.1. The van der Waals surface area contributed by atoms with Crippen molar-refractivity contribution in [2.75, 3.05) is 0 Å². The number of aliphatic carboxylic acids is 1. The van der Waals surface area contributed by atoms with Crippen molar-refractivity contribution in [3.05, 3.63) is 22.4 Å². The minimum Gasteiger partial charge on any atom is -0.481 e. The summed E-state index contributed by atoms with van der Waals surface area (Å²) in [4.78, 5) is 23.1. The molecule has 0 spiro atoms. The smallest absolute Gasteiger partial charge is 0.305 e. The summed E-state index contributed by atoms with van der Waals surface area (Å²) in [6.07, 6.45) is 5.88. The fraction of sp³-hybridized carbons (Fsp3) is 0.600. The van der Waals surface area contributed by atoms with E-state index in [1.54, 1.807) is 11.3 Å². The predicted molar refractivity (Wildman–Crippen MR) is 78.9 cm³/mol. The molecule has 1 saturated carbocycles. The zero-order valence-corrected chi connectivity index (χ0v) is 12.4. The van der Waals surface area contributed by atoms with E-state index in [9.17, 15) is 9.59 Å². The molecule has 4 nitrogen and oxygen atoms in total. The number of rotatable bonds is 6. The lowest BCUT2D eigenvalue weighted by molar-refractivity contribution is -0.139. The van der Waals surface area contributed by atoms with Gasteiger partial charge in [0.15, 0.2) is 0 Å². The van der Waals surface area contributed by atoms with Crippen molar-refractivity contribution >= 4 is 23.2 Å². The van der Waals surface area contributed by atoms with Crippen LogP contribution in [-0.4, -0.2) is 22.5 Å². The second-order valence-electron chi connectivity index (χ2n) is 5.59. The number of carbonyl (C=O) groups is 2. The van der Waals surface area contributed by atoms with Gasteiger partial charge in [0.2, 0.25) is 5.91 Å². The molecule has 1 amide bonds. The molecule has 1 aromatic rings. The van der Waals surface area contributed by atoms with Gasteiger partial charge in [-0.05, 0) is 41.7 Å². The molecule has 1 aromatic heterocycles. The van der Waals surface area contributed by atoms with Crippen molar-refractivity contribution in [1.82, 2.24) is 5.32 Å². The number of carbonyl (C=O) groups excluding carboxylic acids is 1. The summed E-state index contributed by atoms with van der Waals surface area (Å²) in [7, 11) is 0. The number of thiophene rings is 1. The normalized spacial score (nSPS) is 17.6. The van der Waals surface area contributed by atoms with Gasteiger partial charge in [0.05, 0.1) is 12.0 Å². The zero-order chi connectivity index (χ0) is 14.4. The highest BCUT2D eigenvalue weighted by molar-refractivity contribution is 7.07. The first-order valence-corrected chi connectivity index (χ1v) is 8.08. The number of carboxylic acid groups (broad SMARTS) is 1. The minimum atomic E-state index is -0.829. The van der Waals surface area contributed by atoms with Crippen molar-refractivity contribution in [1.29, 1.82) is 0 Å². The third-order valence-electron chi connectivity index (χ3n) is 3.93. The van der Waals surface area contributed by atoms with E-state index in [0.29, 0.717) is 6.42 Å². The average molecular weight is 295 g/mol. The van der Waals surface area contributed by atoms with E-state index < -0.39 is 11.5 Å². The third-order valence-corrected chi connectivity index (χ3v) is 4.66. The first-order valence-electron chi connectivity index (χ1n) is 7.14. The van der Waals surface area contributed by atoms with Gasteiger partial charge in [0, 0.05) is 6.42 Å². The molecule has 0 bridgehead atoms. The summed E-state index contributed by atoms with van der Waals surface area (Å²) in [5, 5.41) is 16.1. The monoisotopic (exact) mass is 295 g/mol. The number of hydrogen-bond donors (Lipinski definition) is 2. The van der Waals surface area contributed by atoms with Crippen LogP contribution in [0.5, 0.6) is 0 Å². The Balaban J connectivity index is 1.89. The summed E-state index contributed by atoms with van der Waals surface area (Å²) in [6, 6.07) is 2.02. The summed E-state index contributed by atoms with van der Waals surface area (Å²) in [5.41, 5.74) is 0.650. The van der Waals surface area contributed by atoms with Crippen LogP contribution in [0.2, 0.25) is 0 Å². The van der Waals surface area contributed by atoms with Crippen LogP contribution in [0.25, 0.3) is 0 Å². The molecule has 0 radical (unpaired) electrons. The SMILES string of the molecule is O=C(O)CC1(NC(=O)CCc2ccsc2)CCCCC1. The van der Waals surface area contributed by atoms with Crippen LogP contribution in [0.1, 0.15) is 50.5 Å². The Morgan fingerprint density at radius 3 is 2.65 bits per heavy atom. The van der Waals surface area contributed by atoms with Crippen LogP contribution in [0.15, 0.2) is 16.8 Å². The summed E-state index contributed by atoms with van der Waals surface area (Å²) in [6.45, 7) is 0. The van der Waals surface area contributed by atoms with Crippen LogP contribution in [0.4, 0.5) is 0 Å². The van der Waals surface area contributed by atoms with Gasteiger partial charge >= 0.3 is 5.97 Å². The molecule has 0 aliphatic heterocycles. The number of aryl methyl sites for hydroxylation is 1. The maximum atomic E-state index is 12.1. The number of amides is 1. The van der Waals surface area contributed by atoms with E-state index in [0.717, 1.165) is 38.5 Å². The van der Waals surface area contributed by atoms with E-state index >= 15 is 0 Å². The van der Waals surface area contributed by atoms with Crippen molar-refractivity contribution in [3.8, 4) is 0 Å². The highest BCUT2D eigenvalue weighted by Gasteiger charge is 2.35. The summed E-state index contributed by atoms with van der Waals surface area (Å²) in [5.74, 6) is -0.857. The number of nitrogens with one attached hydrogen (secondary N) is 1. The van der Waals surface area contributed by atoms with Gasteiger partial charge in [-0.1, -0.05) is 19.3 Å². The third kappa shape index (κ3) is 4.34. The Labute approximate surface area is 123 Å². The van der Waals surface area contributed by atoms with Crippen LogP contribution in [0.3, 0.4) is 0 Å². The number of hydrogen-bond acceptors (Lipinski definition) is 3. The first kappa shape index (κ1) is 15.0. The van der Waals surface area contributed by atoms with Gasteiger partial charge < -0.3 is 10.4 Å². The lowest BCUT2D eigenvalue weighted by Crippen LogP contribution is -2.51. The zero-order valence-electron chi connectivity index (χ0n) is 11.6. The molecule has 2 N–H and O–H groups in total. The van der Waals surface area contributed by atoms with Crippen LogP contribution in [0, 0.1) is 0 Å². The fourth-order valence-corrected chi connectivity index (χ4v) is 3.62. The van der Waals surface area contributed by atoms with Crippen molar-refractivity contribution in [2.45, 2.75) is 56.9 Å². The molecule has 1 heterocycles. The molecule has 2 rings (SSSR count). The molecule has 1 aliphatic carbocycles. The highest BCUT2D eigenvalue weighted by Crippen LogP contribution is 2.31.